The van der Waals surface area contributed by atoms with Gasteiger partial charge in [0.05, 0.1) is 17.9 Å². The number of hydrogen-bond acceptors (Lipinski definition) is 3. The lowest BCUT2D eigenvalue weighted by Gasteiger charge is -2.35. The first kappa shape index (κ1) is 21.5. The summed E-state index contributed by atoms with van der Waals surface area (Å²) in [7, 11) is 5.99. The molecule has 1 amide bonds. The maximum Gasteiger partial charge on any atom is 0.411 e. The monoisotopic (exact) mass is 451 g/mol. The second-order valence-corrected chi connectivity index (χ2v) is 11.0. The first-order valence-corrected chi connectivity index (χ1v) is 12.3. The van der Waals surface area contributed by atoms with Crippen molar-refractivity contribution in [2.24, 2.45) is 5.92 Å². The Morgan fingerprint density at radius 1 is 1.09 bits per heavy atom. The van der Waals surface area contributed by atoms with Gasteiger partial charge in [-0.3, -0.25) is 4.90 Å². The van der Waals surface area contributed by atoms with E-state index >= 15 is 0 Å². The Morgan fingerprint density at radius 2 is 1.82 bits per heavy atom. The van der Waals surface area contributed by atoms with E-state index in [1.54, 1.807) is 0 Å². The number of nitrogens with zero attached hydrogens (tertiary/aromatic N) is 2. The molecule has 1 aliphatic heterocycles. The van der Waals surface area contributed by atoms with Crippen LogP contribution in [0.15, 0.2) is 42.6 Å². The molecule has 2 aromatic carbocycles. The number of H-pyrrole nitrogens is 1. The number of aromatic nitrogens is 2. The van der Waals surface area contributed by atoms with Crippen molar-refractivity contribution in [2.45, 2.75) is 70.6 Å². The Balaban J connectivity index is 1.29. The summed E-state index contributed by atoms with van der Waals surface area (Å²) in [6.45, 7) is 5.76. The standard InChI is InChI=1S/C28H30BN3O2/c1-28(2,3)34-27(33)32-21-9-6-19(14-21)25(32)26-30-15-24(31-26)18-7-10-22-16(12-18)4-5-17-13-20(29)8-11-23(17)22/h7-8,10-13,15,19,21,25H,4-6,9,14H2,1-3H3,(H,30,31). The largest absolute Gasteiger partial charge is 0.444 e. The van der Waals surface area contributed by atoms with Crippen LogP contribution >= 0.6 is 0 Å². The molecule has 1 aromatic heterocycles. The third-order valence-corrected chi connectivity index (χ3v) is 7.56. The van der Waals surface area contributed by atoms with E-state index < -0.39 is 5.60 Å². The van der Waals surface area contributed by atoms with Crippen LogP contribution < -0.4 is 5.46 Å². The van der Waals surface area contributed by atoms with Gasteiger partial charge in [-0.25, -0.2) is 9.78 Å². The summed E-state index contributed by atoms with van der Waals surface area (Å²) in [5.41, 5.74) is 7.67. The first-order chi connectivity index (χ1) is 16.3. The Bertz CT molecular complexity index is 1270. The Hall–Kier alpha value is -3.02. The topological polar surface area (TPSA) is 58.2 Å². The fourth-order valence-electron chi connectivity index (χ4n) is 6.13. The van der Waals surface area contributed by atoms with Gasteiger partial charge < -0.3 is 9.72 Å². The van der Waals surface area contributed by atoms with Crippen molar-refractivity contribution in [3.8, 4) is 22.4 Å². The van der Waals surface area contributed by atoms with Gasteiger partial charge in [-0.2, -0.15) is 0 Å². The van der Waals surface area contributed by atoms with Gasteiger partial charge >= 0.3 is 6.09 Å². The van der Waals surface area contributed by atoms with Crippen LogP contribution in [-0.2, 0) is 17.6 Å². The molecule has 1 saturated carbocycles. The lowest BCUT2D eigenvalue weighted by molar-refractivity contribution is 0.00620. The van der Waals surface area contributed by atoms with E-state index in [-0.39, 0.29) is 18.2 Å². The molecule has 3 unspecified atom stereocenters. The van der Waals surface area contributed by atoms with Gasteiger partial charge in [-0.1, -0.05) is 35.8 Å². The zero-order valence-electron chi connectivity index (χ0n) is 20.1. The van der Waals surface area contributed by atoms with Crippen LogP contribution in [0.4, 0.5) is 4.79 Å². The summed E-state index contributed by atoms with van der Waals surface area (Å²) in [6, 6.07) is 13.1. The molecule has 1 saturated heterocycles. The lowest BCUT2D eigenvalue weighted by atomic mass is 9.81. The smallest absolute Gasteiger partial charge is 0.411 e. The molecule has 2 aliphatic carbocycles. The molecule has 172 valence electrons. The summed E-state index contributed by atoms with van der Waals surface area (Å²) < 4.78 is 5.75. The van der Waals surface area contributed by atoms with Crippen molar-refractivity contribution >= 4 is 19.4 Å². The SMILES string of the molecule is [B]c1ccc2c(c1)CCc1cc(-c3cnc(C4C5CCC(C5)N4C(=O)OC(C)(C)C)[nH]3)ccc1-2. The highest BCUT2D eigenvalue weighted by molar-refractivity contribution is 6.32. The number of rotatable bonds is 2. The number of aromatic amines is 1. The molecule has 2 radical (unpaired) electrons. The minimum atomic E-state index is -0.509. The van der Waals surface area contributed by atoms with Crippen molar-refractivity contribution in [3.63, 3.8) is 0 Å². The normalized spacial score (nSPS) is 23.0. The lowest BCUT2D eigenvalue weighted by Crippen LogP contribution is -2.43. The molecule has 3 atom stereocenters. The highest BCUT2D eigenvalue weighted by atomic mass is 16.6. The molecular formula is C28H30BN3O2. The zero-order valence-corrected chi connectivity index (χ0v) is 20.1. The number of carbonyl (C=O) groups excluding carboxylic acids is 1. The summed E-state index contributed by atoms with van der Waals surface area (Å²) in [5.74, 6) is 1.30. The summed E-state index contributed by atoms with van der Waals surface area (Å²) in [5, 5.41) is 0. The predicted molar refractivity (Wildman–Crippen MR) is 134 cm³/mol. The molecule has 3 aromatic rings. The van der Waals surface area contributed by atoms with Crippen LogP contribution in [0.2, 0.25) is 0 Å². The molecule has 2 bridgehead atoms. The van der Waals surface area contributed by atoms with Crippen molar-refractivity contribution in [2.75, 3.05) is 0 Å². The highest BCUT2D eigenvalue weighted by Gasteiger charge is 2.51. The van der Waals surface area contributed by atoms with E-state index in [1.165, 1.54) is 22.3 Å². The third kappa shape index (κ3) is 3.64. The van der Waals surface area contributed by atoms with E-state index in [0.717, 1.165) is 54.6 Å². The van der Waals surface area contributed by atoms with Crippen LogP contribution in [-0.4, -0.2) is 40.5 Å². The minimum Gasteiger partial charge on any atom is -0.444 e. The molecular weight excluding hydrogens is 421 g/mol. The van der Waals surface area contributed by atoms with Gasteiger partial charge in [0.1, 0.15) is 19.3 Å². The average Bonchev–Trinajstić information content (AvgIpc) is 3.53. The average molecular weight is 451 g/mol. The fraction of sp³-hybridized carbons (Fsp3) is 0.429. The first-order valence-electron chi connectivity index (χ1n) is 12.3. The molecule has 2 heterocycles. The third-order valence-electron chi connectivity index (χ3n) is 7.56. The van der Waals surface area contributed by atoms with E-state index in [0.29, 0.717) is 5.92 Å². The van der Waals surface area contributed by atoms with E-state index in [9.17, 15) is 4.79 Å². The van der Waals surface area contributed by atoms with Gasteiger partial charge in [-0.05, 0) is 92.7 Å². The molecule has 5 nitrogen and oxygen atoms in total. The molecule has 1 N–H and O–H groups in total. The van der Waals surface area contributed by atoms with Gasteiger partial charge in [0.15, 0.2) is 0 Å². The number of carbonyl (C=O) groups is 1. The predicted octanol–water partition coefficient (Wildman–Crippen LogP) is 5.10. The van der Waals surface area contributed by atoms with Crippen LogP contribution in [0.1, 0.15) is 63.0 Å². The Labute approximate surface area is 202 Å². The molecule has 6 heteroatoms. The molecule has 0 spiro atoms. The van der Waals surface area contributed by atoms with Crippen molar-refractivity contribution in [1.82, 2.24) is 14.9 Å². The number of nitrogens with one attached hydrogen (secondary N) is 1. The number of piperidine rings is 1. The summed E-state index contributed by atoms with van der Waals surface area (Å²) in [6.07, 6.45) is 6.90. The number of amides is 1. The molecule has 34 heavy (non-hydrogen) atoms. The number of fused-ring (bicyclic) bond motifs is 5. The number of aryl methyl sites for hydroxylation is 2. The second kappa shape index (κ2) is 7.76. The maximum atomic E-state index is 13.0. The van der Waals surface area contributed by atoms with Gasteiger partial charge in [0.25, 0.3) is 0 Å². The van der Waals surface area contributed by atoms with E-state index in [2.05, 4.69) is 35.3 Å². The van der Waals surface area contributed by atoms with Gasteiger partial charge in [-0.15, -0.1) is 0 Å². The zero-order chi connectivity index (χ0) is 23.6. The Morgan fingerprint density at radius 3 is 2.59 bits per heavy atom. The van der Waals surface area contributed by atoms with Crippen LogP contribution in [0, 0.1) is 5.92 Å². The summed E-state index contributed by atoms with van der Waals surface area (Å²) in [4.78, 5) is 23.3. The summed E-state index contributed by atoms with van der Waals surface area (Å²) >= 11 is 0. The molecule has 6 rings (SSSR count). The number of hydrogen-bond donors (Lipinski definition) is 1. The number of likely N-dealkylation sites (tertiary alicyclic amines) is 1. The Kier molecular flexibility index (Phi) is 4.91. The van der Waals surface area contributed by atoms with Gasteiger partial charge in [0.2, 0.25) is 0 Å². The van der Waals surface area contributed by atoms with Crippen LogP contribution in [0.5, 0.6) is 0 Å². The maximum absolute atomic E-state index is 13.0. The number of benzene rings is 2. The quantitative estimate of drug-likeness (QED) is 0.552. The van der Waals surface area contributed by atoms with Crippen molar-refractivity contribution in [1.29, 1.82) is 0 Å². The number of ether oxygens (including phenoxy) is 1. The molecule has 2 fully saturated rings. The van der Waals surface area contributed by atoms with Crippen molar-refractivity contribution < 1.29 is 9.53 Å². The van der Waals surface area contributed by atoms with Crippen LogP contribution in [0.25, 0.3) is 22.4 Å². The highest BCUT2D eigenvalue weighted by Crippen LogP contribution is 2.50. The van der Waals surface area contributed by atoms with E-state index in [1.807, 2.05) is 37.9 Å². The fourth-order valence-corrected chi connectivity index (χ4v) is 6.13. The molecule has 3 aliphatic rings. The second-order valence-electron chi connectivity index (χ2n) is 11.0. The van der Waals surface area contributed by atoms with Crippen LogP contribution in [0.3, 0.4) is 0 Å². The number of imidazole rings is 1. The van der Waals surface area contributed by atoms with Crippen molar-refractivity contribution in [3.05, 3.63) is 59.5 Å². The minimum absolute atomic E-state index is 0.0442. The van der Waals surface area contributed by atoms with Gasteiger partial charge in [0, 0.05) is 6.04 Å². The van der Waals surface area contributed by atoms with E-state index in [4.69, 9.17) is 17.6 Å².